The number of hydrogen-bond donors (Lipinski definition) is 1. The van der Waals surface area contributed by atoms with E-state index < -0.39 is 0 Å². The Kier molecular flexibility index (Phi) is 3.14. The first-order valence-electron chi connectivity index (χ1n) is 6.88. The summed E-state index contributed by atoms with van der Waals surface area (Å²) in [5, 5.41) is 1.06. The van der Waals surface area contributed by atoms with E-state index in [1.807, 2.05) is 37.5 Å². The van der Waals surface area contributed by atoms with Crippen molar-refractivity contribution >= 4 is 16.6 Å². The number of rotatable bonds is 3. The van der Waals surface area contributed by atoms with Gasteiger partial charge in [-0.3, -0.25) is 4.98 Å². The Morgan fingerprint density at radius 2 is 2.10 bits per heavy atom. The van der Waals surface area contributed by atoms with Gasteiger partial charge in [0.15, 0.2) is 0 Å². The summed E-state index contributed by atoms with van der Waals surface area (Å²) in [5.41, 5.74) is 9.73. The van der Waals surface area contributed by atoms with E-state index in [0.29, 0.717) is 0 Å². The summed E-state index contributed by atoms with van der Waals surface area (Å²) in [5.74, 6) is 1.07. The maximum absolute atomic E-state index is 5.93. The third-order valence-corrected chi connectivity index (χ3v) is 3.39. The van der Waals surface area contributed by atoms with Crippen molar-refractivity contribution in [3.05, 3.63) is 48.2 Å². The lowest BCUT2D eigenvalue weighted by molar-refractivity contribution is 0.810. The highest BCUT2D eigenvalue weighted by atomic mass is 15.1. The molecule has 0 atom stereocenters. The molecule has 3 rings (SSSR count). The molecule has 0 radical (unpaired) electrons. The molecule has 0 aliphatic rings. The van der Waals surface area contributed by atoms with Crippen molar-refractivity contribution in [2.75, 3.05) is 5.73 Å². The number of aromatic nitrogens is 3. The molecule has 0 fully saturated rings. The van der Waals surface area contributed by atoms with E-state index in [9.17, 15) is 0 Å². The second-order valence-corrected chi connectivity index (χ2v) is 5.02. The average Bonchev–Trinajstić information content (AvgIpc) is 2.87. The molecule has 0 aliphatic heterocycles. The third kappa shape index (κ3) is 2.13. The summed E-state index contributed by atoms with van der Waals surface area (Å²) in [4.78, 5) is 9.03. The molecule has 0 amide bonds. The van der Waals surface area contributed by atoms with Gasteiger partial charge in [-0.1, -0.05) is 6.92 Å². The van der Waals surface area contributed by atoms with Crippen LogP contribution in [0.15, 0.2) is 36.7 Å². The Hall–Kier alpha value is -2.36. The smallest absolute Gasteiger partial charge is 0.113 e. The topological polar surface area (TPSA) is 56.7 Å². The van der Waals surface area contributed by atoms with Gasteiger partial charge in [-0.15, -0.1) is 0 Å². The van der Waals surface area contributed by atoms with E-state index in [1.165, 1.54) is 0 Å². The normalized spacial score (nSPS) is 11.1. The summed E-state index contributed by atoms with van der Waals surface area (Å²) < 4.78 is 2.14. The number of aryl methyl sites for hydroxylation is 2. The van der Waals surface area contributed by atoms with E-state index >= 15 is 0 Å². The van der Waals surface area contributed by atoms with Gasteiger partial charge in [0.25, 0.3) is 0 Å². The predicted molar refractivity (Wildman–Crippen MR) is 82.0 cm³/mol. The van der Waals surface area contributed by atoms with Gasteiger partial charge in [-0.05, 0) is 37.6 Å². The van der Waals surface area contributed by atoms with E-state index in [2.05, 4.69) is 27.5 Å². The highest BCUT2D eigenvalue weighted by molar-refractivity contribution is 5.90. The van der Waals surface area contributed by atoms with Gasteiger partial charge >= 0.3 is 0 Å². The van der Waals surface area contributed by atoms with Gasteiger partial charge < -0.3 is 10.3 Å². The largest absolute Gasteiger partial charge is 0.399 e. The van der Waals surface area contributed by atoms with Crippen molar-refractivity contribution in [1.29, 1.82) is 0 Å². The lowest BCUT2D eigenvalue weighted by atomic mass is 10.1. The van der Waals surface area contributed by atoms with Crippen LogP contribution in [0.4, 0.5) is 5.69 Å². The number of imidazole rings is 1. The van der Waals surface area contributed by atoms with Crippen LogP contribution in [0.5, 0.6) is 0 Å². The third-order valence-electron chi connectivity index (χ3n) is 3.39. The van der Waals surface area contributed by atoms with E-state index in [0.717, 1.165) is 46.6 Å². The minimum Gasteiger partial charge on any atom is -0.399 e. The number of nitrogens with zero attached hydrogens (tertiary/aromatic N) is 3. The number of pyridine rings is 1. The standard InChI is InChI=1S/C16H18N4/c1-3-4-16-18-7-8-20(16)15-9-11(2)19-14-6-5-12(17)10-13(14)15/h5-10H,3-4,17H2,1-2H3. The SMILES string of the molecule is CCCc1nccn1-c1cc(C)nc2ccc(N)cc12. The number of nitrogens with two attached hydrogens (primary N) is 1. The highest BCUT2D eigenvalue weighted by Gasteiger charge is 2.10. The Morgan fingerprint density at radius 1 is 1.25 bits per heavy atom. The van der Waals surface area contributed by atoms with Crippen molar-refractivity contribution in [2.24, 2.45) is 0 Å². The van der Waals surface area contributed by atoms with Crippen molar-refractivity contribution in [3.63, 3.8) is 0 Å². The van der Waals surface area contributed by atoms with Gasteiger partial charge in [0.2, 0.25) is 0 Å². The highest BCUT2D eigenvalue weighted by Crippen LogP contribution is 2.25. The summed E-state index contributed by atoms with van der Waals surface area (Å²) >= 11 is 0. The van der Waals surface area contributed by atoms with Crippen molar-refractivity contribution in [3.8, 4) is 5.69 Å². The quantitative estimate of drug-likeness (QED) is 0.740. The molecule has 0 saturated carbocycles. The molecular weight excluding hydrogens is 248 g/mol. The fraction of sp³-hybridized carbons (Fsp3) is 0.250. The van der Waals surface area contributed by atoms with Gasteiger partial charge in [-0.25, -0.2) is 4.98 Å². The molecule has 0 aliphatic carbocycles. The minimum atomic E-state index is 0.751. The van der Waals surface area contributed by atoms with E-state index in [4.69, 9.17) is 5.73 Å². The zero-order chi connectivity index (χ0) is 14.1. The molecule has 2 heterocycles. The first kappa shape index (κ1) is 12.7. The molecule has 2 N–H and O–H groups in total. The van der Waals surface area contributed by atoms with Crippen LogP contribution in [0.1, 0.15) is 24.9 Å². The molecule has 3 aromatic rings. The van der Waals surface area contributed by atoms with Crippen LogP contribution in [0, 0.1) is 6.92 Å². The molecule has 0 spiro atoms. The van der Waals surface area contributed by atoms with Gasteiger partial charge in [0.05, 0.1) is 11.2 Å². The summed E-state index contributed by atoms with van der Waals surface area (Å²) in [6.07, 6.45) is 5.88. The fourth-order valence-corrected chi connectivity index (χ4v) is 2.52. The maximum Gasteiger partial charge on any atom is 0.113 e. The summed E-state index contributed by atoms with van der Waals surface area (Å²) in [6, 6.07) is 7.92. The lowest BCUT2D eigenvalue weighted by Gasteiger charge is -2.12. The zero-order valence-electron chi connectivity index (χ0n) is 11.8. The molecule has 1 aromatic carbocycles. The molecule has 102 valence electrons. The summed E-state index contributed by atoms with van der Waals surface area (Å²) in [7, 11) is 0. The number of nitrogen functional groups attached to an aromatic ring is 1. The molecule has 0 unspecified atom stereocenters. The van der Waals surface area contributed by atoms with Crippen molar-refractivity contribution in [1.82, 2.24) is 14.5 Å². The van der Waals surface area contributed by atoms with E-state index in [-0.39, 0.29) is 0 Å². The molecular formula is C16H18N4. The van der Waals surface area contributed by atoms with Crippen LogP contribution in [0.3, 0.4) is 0 Å². The first-order chi connectivity index (χ1) is 9.69. The second kappa shape index (κ2) is 4.96. The van der Waals surface area contributed by atoms with Crippen LogP contribution < -0.4 is 5.73 Å². The Balaban J connectivity index is 2.29. The second-order valence-electron chi connectivity index (χ2n) is 5.02. The van der Waals surface area contributed by atoms with Crippen LogP contribution in [-0.2, 0) is 6.42 Å². The Labute approximate surface area is 118 Å². The molecule has 2 aromatic heterocycles. The number of fused-ring (bicyclic) bond motifs is 1. The van der Waals surface area contributed by atoms with Crippen LogP contribution in [0.25, 0.3) is 16.6 Å². The summed E-state index contributed by atoms with van der Waals surface area (Å²) in [6.45, 7) is 4.17. The molecule has 4 heteroatoms. The first-order valence-corrected chi connectivity index (χ1v) is 6.88. The van der Waals surface area contributed by atoms with E-state index in [1.54, 1.807) is 0 Å². The molecule has 20 heavy (non-hydrogen) atoms. The Morgan fingerprint density at radius 3 is 2.90 bits per heavy atom. The monoisotopic (exact) mass is 266 g/mol. The van der Waals surface area contributed by atoms with Crippen LogP contribution >= 0.6 is 0 Å². The molecule has 0 bridgehead atoms. The van der Waals surface area contributed by atoms with Crippen LogP contribution in [0.2, 0.25) is 0 Å². The number of benzene rings is 1. The molecule has 4 nitrogen and oxygen atoms in total. The minimum absolute atomic E-state index is 0.751. The van der Waals surface area contributed by atoms with Crippen LogP contribution in [-0.4, -0.2) is 14.5 Å². The zero-order valence-corrected chi connectivity index (χ0v) is 11.8. The fourth-order valence-electron chi connectivity index (χ4n) is 2.52. The maximum atomic E-state index is 5.93. The lowest BCUT2D eigenvalue weighted by Crippen LogP contribution is -2.03. The average molecular weight is 266 g/mol. The predicted octanol–water partition coefficient (Wildman–Crippen LogP) is 3.26. The number of anilines is 1. The van der Waals surface area contributed by atoms with Crippen molar-refractivity contribution < 1.29 is 0 Å². The van der Waals surface area contributed by atoms with Gasteiger partial charge in [-0.2, -0.15) is 0 Å². The Bertz CT molecular complexity index is 758. The van der Waals surface area contributed by atoms with Crippen molar-refractivity contribution in [2.45, 2.75) is 26.7 Å². The van der Waals surface area contributed by atoms with Gasteiger partial charge in [0, 0.05) is 35.6 Å². The number of hydrogen-bond acceptors (Lipinski definition) is 3. The van der Waals surface area contributed by atoms with Gasteiger partial charge in [0.1, 0.15) is 5.82 Å². The molecule has 0 saturated heterocycles.